The van der Waals surface area contributed by atoms with Gasteiger partial charge in [-0.2, -0.15) is 5.10 Å². The first kappa shape index (κ1) is 21.3. The molecule has 0 saturated carbocycles. The lowest BCUT2D eigenvalue weighted by Gasteiger charge is -2.28. The molecule has 0 bridgehead atoms. The van der Waals surface area contributed by atoms with Gasteiger partial charge in [0.15, 0.2) is 0 Å². The Hall–Kier alpha value is -2.92. The number of pyridine rings is 1. The zero-order chi connectivity index (χ0) is 22.3. The normalized spacial score (nSPS) is 16.5. The summed E-state index contributed by atoms with van der Waals surface area (Å²) < 4.78 is 5.37. The molecule has 2 heterocycles. The molecule has 1 atom stereocenters. The highest BCUT2D eigenvalue weighted by molar-refractivity contribution is 6.30. The smallest absolute Gasteiger partial charge is 0.248 e. The molecule has 2 aromatic carbocycles. The van der Waals surface area contributed by atoms with Crippen molar-refractivity contribution in [3.05, 3.63) is 70.4 Å². The van der Waals surface area contributed by atoms with Gasteiger partial charge < -0.3 is 4.74 Å². The number of amides is 1. The van der Waals surface area contributed by atoms with E-state index in [1.807, 2.05) is 76.2 Å². The van der Waals surface area contributed by atoms with Gasteiger partial charge in [-0.05, 0) is 30.7 Å². The van der Waals surface area contributed by atoms with E-state index in [1.165, 1.54) is 0 Å². The van der Waals surface area contributed by atoms with E-state index in [9.17, 15) is 4.79 Å². The number of methoxy groups -OCH3 is 1. The van der Waals surface area contributed by atoms with Gasteiger partial charge in [-0.15, -0.1) is 0 Å². The second-order valence-corrected chi connectivity index (χ2v) is 9.27. The predicted molar refractivity (Wildman–Crippen MR) is 125 cm³/mol. The Morgan fingerprint density at radius 3 is 2.61 bits per heavy atom. The summed E-state index contributed by atoms with van der Waals surface area (Å²) in [6, 6.07) is 15.5. The van der Waals surface area contributed by atoms with Crippen molar-refractivity contribution in [1.82, 2.24) is 9.99 Å². The van der Waals surface area contributed by atoms with E-state index in [-0.39, 0.29) is 11.9 Å². The molecule has 0 N–H and O–H groups in total. The number of aromatic nitrogens is 1. The number of hydrogen-bond donors (Lipinski definition) is 0. The van der Waals surface area contributed by atoms with Gasteiger partial charge in [-0.1, -0.05) is 62.7 Å². The van der Waals surface area contributed by atoms with Crippen LogP contribution < -0.4 is 4.74 Å². The topological polar surface area (TPSA) is 54.8 Å². The lowest BCUT2D eigenvalue weighted by atomic mass is 9.93. The van der Waals surface area contributed by atoms with Crippen LogP contribution in [0.4, 0.5) is 0 Å². The fourth-order valence-electron chi connectivity index (χ4n) is 3.83. The number of carbonyl (C=O) groups is 1. The summed E-state index contributed by atoms with van der Waals surface area (Å²) in [7, 11) is 1.64. The number of halogens is 1. The summed E-state index contributed by atoms with van der Waals surface area (Å²) >= 11 is 6.66. The molecule has 31 heavy (non-hydrogen) atoms. The van der Waals surface area contributed by atoms with Crippen molar-refractivity contribution >= 4 is 34.1 Å². The fraction of sp³-hybridized carbons (Fsp3) is 0.320. The van der Waals surface area contributed by atoms with Crippen LogP contribution in [0, 0.1) is 12.3 Å². The number of ether oxygens (including phenoxy) is 1. The highest BCUT2D eigenvalue weighted by Gasteiger charge is 2.39. The van der Waals surface area contributed by atoms with Crippen molar-refractivity contribution in [2.75, 3.05) is 7.11 Å². The minimum absolute atomic E-state index is 0.0594. The lowest BCUT2D eigenvalue weighted by Crippen LogP contribution is -2.36. The van der Waals surface area contributed by atoms with E-state index >= 15 is 0 Å². The minimum Gasteiger partial charge on any atom is -0.497 e. The molecule has 0 spiro atoms. The van der Waals surface area contributed by atoms with Crippen molar-refractivity contribution in [3.63, 3.8) is 0 Å². The van der Waals surface area contributed by atoms with Crippen LogP contribution in [-0.2, 0) is 4.79 Å². The molecular weight excluding hydrogens is 410 g/mol. The number of rotatable bonds is 3. The second kappa shape index (κ2) is 7.97. The first-order chi connectivity index (χ1) is 14.7. The average molecular weight is 436 g/mol. The van der Waals surface area contributed by atoms with Crippen molar-refractivity contribution in [1.29, 1.82) is 0 Å². The molecule has 3 aromatic rings. The molecule has 160 valence electrons. The van der Waals surface area contributed by atoms with Crippen molar-refractivity contribution in [3.8, 4) is 5.75 Å². The minimum atomic E-state index is -0.584. The standard InChI is InChI=1S/C25H26ClN3O2/c1-15-8-6-10-17-13-19(23(26)27-22(15)17)21-14-20(16-9-7-11-18(12-16)31-5)28-29(21)24(30)25(2,3)4/h6-13,21H,14H2,1-5H3/t21-/m1/s1. The molecule has 4 rings (SSSR count). The van der Waals surface area contributed by atoms with E-state index in [4.69, 9.17) is 21.4 Å². The molecule has 0 saturated heterocycles. The number of carbonyl (C=O) groups excluding carboxylic acids is 1. The molecule has 0 aliphatic carbocycles. The second-order valence-electron chi connectivity index (χ2n) is 8.91. The third-order valence-electron chi connectivity index (χ3n) is 5.55. The van der Waals surface area contributed by atoms with Crippen LogP contribution in [0.1, 0.15) is 49.9 Å². The van der Waals surface area contributed by atoms with Gasteiger partial charge in [0.2, 0.25) is 5.91 Å². The van der Waals surface area contributed by atoms with E-state index in [2.05, 4.69) is 4.98 Å². The number of hydrogen-bond acceptors (Lipinski definition) is 4. The summed E-state index contributed by atoms with van der Waals surface area (Å²) in [5.41, 5.74) is 3.90. The number of hydrazone groups is 1. The molecule has 0 radical (unpaired) electrons. The molecule has 1 aliphatic rings. The molecule has 1 aliphatic heterocycles. The van der Waals surface area contributed by atoms with E-state index in [0.717, 1.165) is 39.1 Å². The molecule has 0 fully saturated rings. The molecule has 1 aromatic heterocycles. The fourth-order valence-corrected chi connectivity index (χ4v) is 4.10. The Morgan fingerprint density at radius 2 is 1.90 bits per heavy atom. The first-order valence-electron chi connectivity index (χ1n) is 10.3. The van der Waals surface area contributed by atoms with Gasteiger partial charge in [0.25, 0.3) is 0 Å². The number of fused-ring (bicyclic) bond motifs is 1. The van der Waals surface area contributed by atoms with Crippen LogP contribution in [0.25, 0.3) is 10.9 Å². The van der Waals surface area contributed by atoms with Crippen molar-refractivity contribution in [2.45, 2.75) is 40.2 Å². The number of nitrogens with zero attached hydrogens (tertiary/aromatic N) is 3. The average Bonchev–Trinajstić information content (AvgIpc) is 3.18. The first-order valence-corrected chi connectivity index (χ1v) is 10.7. The van der Waals surface area contributed by atoms with Crippen LogP contribution in [0.15, 0.2) is 53.6 Å². The third kappa shape index (κ3) is 4.02. The van der Waals surface area contributed by atoms with Crippen molar-refractivity contribution in [2.24, 2.45) is 10.5 Å². The van der Waals surface area contributed by atoms with E-state index in [0.29, 0.717) is 11.6 Å². The summed E-state index contributed by atoms with van der Waals surface area (Å²) in [5.74, 6) is 0.689. The molecule has 5 nitrogen and oxygen atoms in total. The monoisotopic (exact) mass is 435 g/mol. The highest BCUT2D eigenvalue weighted by Crippen LogP contribution is 2.39. The van der Waals surface area contributed by atoms with Crippen LogP contribution >= 0.6 is 11.6 Å². The third-order valence-corrected chi connectivity index (χ3v) is 5.85. The van der Waals surface area contributed by atoms with Crippen LogP contribution in [0.3, 0.4) is 0 Å². The Morgan fingerprint density at radius 1 is 1.16 bits per heavy atom. The van der Waals surface area contributed by atoms with Gasteiger partial charge in [0.05, 0.1) is 24.4 Å². The Labute approximate surface area is 187 Å². The zero-order valence-corrected chi connectivity index (χ0v) is 19.2. The molecule has 6 heteroatoms. The van der Waals surface area contributed by atoms with E-state index < -0.39 is 5.41 Å². The number of para-hydroxylation sites is 1. The SMILES string of the molecule is COc1cccc(C2=NN(C(=O)C(C)(C)C)[C@@H](c3cc4cccc(C)c4nc3Cl)C2)c1. The summed E-state index contributed by atoms with van der Waals surface area (Å²) in [5, 5.41) is 7.74. The number of benzene rings is 2. The molecular formula is C25H26ClN3O2. The molecule has 0 unspecified atom stereocenters. The van der Waals surface area contributed by atoms with Gasteiger partial charge in [0, 0.05) is 28.3 Å². The largest absolute Gasteiger partial charge is 0.497 e. The quantitative estimate of drug-likeness (QED) is 0.479. The Balaban J connectivity index is 1.82. The summed E-state index contributed by atoms with van der Waals surface area (Å²) in [4.78, 5) is 18.0. The number of aryl methyl sites for hydroxylation is 1. The Kier molecular flexibility index (Phi) is 5.48. The maximum atomic E-state index is 13.3. The van der Waals surface area contributed by atoms with Crippen molar-refractivity contribution < 1.29 is 9.53 Å². The maximum Gasteiger partial charge on any atom is 0.248 e. The van der Waals surface area contributed by atoms with Gasteiger partial charge in [-0.3, -0.25) is 4.79 Å². The van der Waals surface area contributed by atoms with Gasteiger partial charge >= 0.3 is 0 Å². The van der Waals surface area contributed by atoms with Crippen LogP contribution in [-0.4, -0.2) is 28.7 Å². The molecule has 1 amide bonds. The van der Waals surface area contributed by atoms with Crippen LogP contribution in [0.5, 0.6) is 5.75 Å². The maximum absolute atomic E-state index is 13.3. The zero-order valence-electron chi connectivity index (χ0n) is 18.4. The Bertz CT molecular complexity index is 1200. The summed E-state index contributed by atoms with van der Waals surface area (Å²) in [6.45, 7) is 7.71. The summed E-state index contributed by atoms with van der Waals surface area (Å²) in [6.07, 6.45) is 0.549. The lowest BCUT2D eigenvalue weighted by molar-refractivity contribution is -0.141. The highest BCUT2D eigenvalue weighted by atomic mass is 35.5. The van der Waals surface area contributed by atoms with E-state index in [1.54, 1.807) is 12.1 Å². The predicted octanol–water partition coefficient (Wildman–Crippen LogP) is 5.93. The van der Waals surface area contributed by atoms with Gasteiger partial charge in [0.1, 0.15) is 10.9 Å². The van der Waals surface area contributed by atoms with Crippen LogP contribution in [0.2, 0.25) is 5.15 Å². The van der Waals surface area contributed by atoms with Gasteiger partial charge in [-0.25, -0.2) is 9.99 Å².